The molecule has 4 aromatic carbocycles. The molecule has 1 heterocycles. The Hall–Kier alpha value is -4.51. The fourth-order valence-corrected chi connectivity index (χ4v) is 5.35. The van der Waals surface area contributed by atoms with Gasteiger partial charge in [0.1, 0.15) is 18.1 Å². The molecule has 2 aliphatic rings. The Balaban J connectivity index is 1.30. The second kappa shape index (κ2) is 10.5. The maximum atomic E-state index is 13.8. The zero-order valence-corrected chi connectivity index (χ0v) is 21.3. The molecule has 0 unspecified atom stereocenters. The van der Waals surface area contributed by atoms with E-state index in [1.54, 1.807) is 7.11 Å². The molecule has 5 heteroatoms. The molecule has 1 aliphatic carbocycles. The lowest BCUT2D eigenvalue weighted by Gasteiger charge is -2.30. The molecule has 6 rings (SSSR count). The third-order valence-corrected chi connectivity index (χ3v) is 7.36. The van der Waals surface area contributed by atoms with Crippen LogP contribution < -0.4 is 20.1 Å². The van der Waals surface area contributed by atoms with Crippen molar-refractivity contribution in [2.45, 2.75) is 31.4 Å². The highest BCUT2D eigenvalue weighted by molar-refractivity contribution is 6.01. The first kappa shape index (κ1) is 23.9. The van der Waals surface area contributed by atoms with Crippen molar-refractivity contribution in [3.63, 3.8) is 0 Å². The van der Waals surface area contributed by atoms with E-state index in [0.29, 0.717) is 13.0 Å². The van der Waals surface area contributed by atoms with E-state index in [9.17, 15) is 4.79 Å². The molecule has 0 bridgehead atoms. The molecular weight excluding hydrogens is 472 g/mol. The highest BCUT2D eigenvalue weighted by Crippen LogP contribution is 2.44. The van der Waals surface area contributed by atoms with Gasteiger partial charge in [-0.2, -0.15) is 0 Å². The van der Waals surface area contributed by atoms with Gasteiger partial charge in [-0.1, -0.05) is 66.7 Å². The summed E-state index contributed by atoms with van der Waals surface area (Å²) in [6.07, 6.45) is 1.23. The summed E-state index contributed by atoms with van der Waals surface area (Å²) in [5.41, 5.74) is 7.05. The monoisotopic (exact) mass is 502 g/mol. The summed E-state index contributed by atoms with van der Waals surface area (Å²) in [7, 11) is 1.66. The van der Waals surface area contributed by atoms with Crippen LogP contribution in [0.15, 0.2) is 114 Å². The van der Waals surface area contributed by atoms with Crippen LogP contribution in [-0.2, 0) is 11.4 Å². The quantitative estimate of drug-likeness (QED) is 0.291. The van der Waals surface area contributed by atoms with Gasteiger partial charge in [0.25, 0.3) is 0 Å². The number of allylic oxidation sites excluding steroid dienone is 1. The minimum absolute atomic E-state index is 0.110. The number of fused-ring (bicyclic) bond motifs is 1. The normalized spacial score (nSPS) is 18.4. The van der Waals surface area contributed by atoms with Crippen LogP contribution in [0.1, 0.15) is 41.5 Å². The number of carbonyl (C=O) groups is 1. The van der Waals surface area contributed by atoms with Gasteiger partial charge < -0.3 is 20.1 Å². The lowest BCUT2D eigenvalue weighted by Crippen LogP contribution is -2.26. The number of rotatable bonds is 6. The summed E-state index contributed by atoms with van der Waals surface area (Å²) < 4.78 is 11.3. The third kappa shape index (κ3) is 4.88. The summed E-state index contributed by atoms with van der Waals surface area (Å²) in [6.45, 7) is 0.514. The van der Waals surface area contributed by atoms with Crippen LogP contribution >= 0.6 is 0 Å². The molecule has 2 N–H and O–H groups in total. The average molecular weight is 503 g/mol. The number of ketones is 1. The van der Waals surface area contributed by atoms with Gasteiger partial charge in [-0.05, 0) is 65.4 Å². The zero-order chi connectivity index (χ0) is 25.9. The van der Waals surface area contributed by atoms with Crippen molar-refractivity contribution >= 4 is 17.2 Å². The van der Waals surface area contributed by atoms with E-state index in [0.717, 1.165) is 57.3 Å². The van der Waals surface area contributed by atoms with Gasteiger partial charge in [-0.15, -0.1) is 0 Å². The SMILES string of the molecule is COc1ccc([C@@H]2CC(=O)C3=C(C2)Nc2ccccc2N[C@H]3c2ccc(OCc3ccccc3)cc2)cc1. The molecule has 0 spiro atoms. The van der Waals surface area contributed by atoms with E-state index >= 15 is 0 Å². The maximum absolute atomic E-state index is 13.8. The molecule has 4 aromatic rings. The van der Waals surface area contributed by atoms with E-state index in [4.69, 9.17) is 9.47 Å². The van der Waals surface area contributed by atoms with E-state index in [-0.39, 0.29) is 17.7 Å². The van der Waals surface area contributed by atoms with Crippen LogP contribution in [0.2, 0.25) is 0 Å². The minimum Gasteiger partial charge on any atom is -0.497 e. The van der Waals surface area contributed by atoms with Gasteiger partial charge in [-0.3, -0.25) is 4.79 Å². The fourth-order valence-electron chi connectivity index (χ4n) is 5.35. The van der Waals surface area contributed by atoms with Gasteiger partial charge in [0.05, 0.1) is 24.5 Å². The first-order valence-corrected chi connectivity index (χ1v) is 13.0. The Kier molecular flexibility index (Phi) is 6.57. The number of anilines is 2. The van der Waals surface area contributed by atoms with Gasteiger partial charge >= 0.3 is 0 Å². The number of carbonyl (C=O) groups excluding carboxylic acids is 1. The largest absolute Gasteiger partial charge is 0.497 e. The number of para-hydroxylation sites is 2. The molecule has 0 saturated carbocycles. The second-order valence-electron chi connectivity index (χ2n) is 9.78. The van der Waals surface area contributed by atoms with Gasteiger partial charge in [-0.25, -0.2) is 0 Å². The molecule has 5 nitrogen and oxygen atoms in total. The van der Waals surface area contributed by atoms with Gasteiger partial charge in [0, 0.05) is 17.7 Å². The summed E-state index contributed by atoms with van der Waals surface area (Å²) >= 11 is 0. The first-order valence-electron chi connectivity index (χ1n) is 13.0. The molecule has 0 saturated heterocycles. The molecule has 0 radical (unpaired) electrons. The number of hydrogen-bond donors (Lipinski definition) is 2. The summed E-state index contributed by atoms with van der Waals surface area (Å²) in [5, 5.41) is 7.26. The molecule has 0 fully saturated rings. The topological polar surface area (TPSA) is 59.6 Å². The van der Waals surface area contributed by atoms with Crippen molar-refractivity contribution in [1.29, 1.82) is 0 Å². The fraction of sp³-hybridized carbons (Fsp3) is 0.182. The standard InChI is InChI=1S/C33H30N2O3/c1-37-26-15-11-23(12-16-26)25-19-30-32(31(36)20-25)33(35-29-10-6-5-9-28(29)34-30)24-13-17-27(18-14-24)38-21-22-7-3-2-4-8-22/h2-18,25,33-35H,19-21H2,1H3/t25-,33-/m0/s1. The predicted molar refractivity (Wildman–Crippen MR) is 151 cm³/mol. The van der Waals surface area contributed by atoms with Crippen molar-refractivity contribution < 1.29 is 14.3 Å². The van der Waals surface area contributed by atoms with E-state index in [1.165, 1.54) is 0 Å². The minimum atomic E-state index is -0.256. The van der Waals surface area contributed by atoms with Crippen molar-refractivity contribution in [1.82, 2.24) is 0 Å². The predicted octanol–water partition coefficient (Wildman–Crippen LogP) is 7.25. The Morgan fingerprint density at radius 1 is 0.737 bits per heavy atom. The number of hydrogen-bond acceptors (Lipinski definition) is 5. The highest BCUT2D eigenvalue weighted by atomic mass is 16.5. The van der Waals surface area contributed by atoms with E-state index in [2.05, 4.69) is 59.2 Å². The van der Waals surface area contributed by atoms with Crippen LogP contribution in [0.25, 0.3) is 0 Å². The molecule has 0 amide bonds. The molecule has 2 atom stereocenters. The third-order valence-electron chi connectivity index (χ3n) is 7.36. The van der Waals surface area contributed by atoms with Crippen LogP contribution in [-0.4, -0.2) is 12.9 Å². The van der Waals surface area contributed by atoms with Crippen molar-refractivity contribution in [3.8, 4) is 11.5 Å². The van der Waals surface area contributed by atoms with Crippen LogP contribution in [0.3, 0.4) is 0 Å². The van der Waals surface area contributed by atoms with Gasteiger partial charge in [0.15, 0.2) is 5.78 Å². The van der Waals surface area contributed by atoms with Crippen LogP contribution in [0.4, 0.5) is 11.4 Å². The number of nitrogens with one attached hydrogen (secondary N) is 2. The second-order valence-corrected chi connectivity index (χ2v) is 9.78. The molecule has 190 valence electrons. The molecular formula is C33H30N2O3. The van der Waals surface area contributed by atoms with E-state index < -0.39 is 0 Å². The van der Waals surface area contributed by atoms with Crippen molar-refractivity contribution in [2.24, 2.45) is 0 Å². The Morgan fingerprint density at radius 2 is 1.39 bits per heavy atom. The van der Waals surface area contributed by atoms with Gasteiger partial charge in [0.2, 0.25) is 0 Å². The zero-order valence-electron chi connectivity index (χ0n) is 21.3. The number of Topliss-reactive ketones (excluding diaryl/α,β-unsaturated/α-hetero) is 1. The Bertz CT molecular complexity index is 1460. The summed E-state index contributed by atoms with van der Waals surface area (Å²) in [6, 6.07) is 34.1. The van der Waals surface area contributed by atoms with Crippen molar-refractivity contribution in [3.05, 3.63) is 131 Å². The lowest BCUT2D eigenvalue weighted by atomic mass is 9.78. The smallest absolute Gasteiger partial charge is 0.163 e. The average Bonchev–Trinajstić information content (AvgIpc) is 3.14. The maximum Gasteiger partial charge on any atom is 0.163 e. The van der Waals surface area contributed by atoms with Crippen molar-refractivity contribution in [2.75, 3.05) is 17.7 Å². The summed E-state index contributed by atoms with van der Waals surface area (Å²) in [5.74, 6) is 1.89. The summed E-state index contributed by atoms with van der Waals surface area (Å²) in [4.78, 5) is 13.8. The number of benzene rings is 4. The number of ether oxygens (including phenoxy) is 2. The Labute approximate surface area is 223 Å². The lowest BCUT2D eigenvalue weighted by molar-refractivity contribution is -0.116. The Morgan fingerprint density at radius 3 is 2.13 bits per heavy atom. The first-order chi connectivity index (χ1) is 18.7. The highest BCUT2D eigenvalue weighted by Gasteiger charge is 2.36. The molecule has 38 heavy (non-hydrogen) atoms. The molecule has 1 aliphatic heterocycles. The van der Waals surface area contributed by atoms with E-state index in [1.807, 2.05) is 54.6 Å². The number of methoxy groups -OCH3 is 1. The molecule has 0 aromatic heterocycles. The van der Waals surface area contributed by atoms with Crippen LogP contribution in [0.5, 0.6) is 11.5 Å². The van der Waals surface area contributed by atoms with Crippen LogP contribution in [0, 0.1) is 0 Å².